The summed E-state index contributed by atoms with van der Waals surface area (Å²) in [6.45, 7) is 2.85. The Morgan fingerprint density at radius 2 is 2.28 bits per heavy atom. The molecule has 7 heteroatoms. The molecule has 6 nitrogen and oxygen atoms in total. The number of aryl methyl sites for hydroxylation is 1. The second-order valence-corrected chi connectivity index (χ2v) is 6.53. The normalized spacial score (nSPS) is 16.8. The second kappa shape index (κ2) is 7.80. The summed E-state index contributed by atoms with van der Waals surface area (Å²) < 4.78 is 6.85. The van der Waals surface area contributed by atoms with Crippen LogP contribution in [0.2, 0.25) is 5.02 Å². The zero-order valence-corrected chi connectivity index (χ0v) is 14.8. The molecule has 0 bridgehead atoms. The van der Waals surface area contributed by atoms with Crippen molar-refractivity contribution in [2.24, 2.45) is 0 Å². The van der Waals surface area contributed by atoms with E-state index in [2.05, 4.69) is 10.3 Å². The number of hydrogen-bond acceptors (Lipinski definition) is 4. The number of carbonyl (C=O) groups excluding carboxylic acids is 1. The molecule has 1 fully saturated rings. The average molecular weight is 362 g/mol. The zero-order valence-electron chi connectivity index (χ0n) is 14.0. The van der Waals surface area contributed by atoms with E-state index in [1.54, 1.807) is 25.1 Å². The van der Waals surface area contributed by atoms with Gasteiger partial charge in [-0.2, -0.15) is 0 Å². The van der Waals surface area contributed by atoms with Crippen molar-refractivity contribution >= 4 is 17.5 Å². The number of aromatic nitrogens is 2. The van der Waals surface area contributed by atoms with E-state index >= 15 is 0 Å². The Labute approximate surface area is 150 Å². The number of amides is 1. The van der Waals surface area contributed by atoms with E-state index in [1.807, 2.05) is 6.07 Å². The number of nitrogens with one attached hydrogen (secondary N) is 1. The first-order valence-corrected chi connectivity index (χ1v) is 8.63. The molecule has 2 heterocycles. The van der Waals surface area contributed by atoms with Gasteiger partial charge in [-0.05, 0) is 31.9 Å². The quantitative estimate of drug-likeness (QED) is 0.885. The number of carbonyl (C=O) groups is 1. The zero-order chi connectivity index (χ0) is 17.8. The van der Waals surface area contributed by atoms with Crippen molar-refractivity contribution in [1.29, 1.82) is 0 Å². The molecule has 1 aliphatic heterocycles. The molecule has 25 heavy (non-hydrogen) atoms. The first kappa shape index (κ1) is 17.6. The summed E-state index contributed by atoms with van der Waals surface area (Å²) in [6, 6.07) is 8.49. The summed E-state index contributed by atoms with van der Waals surface area (Å²) in [7, 11) is 0. The summed E-state index contributed by atoms with van der Waals surface area (Å²) in [4.78, 5) is 29.1. The lowest BCUT2D eigenvalue weighted by Gasteiger charge is -2.14. The monoisotopic (exact) mass is 361 g/mol. The maximum atomic E-state index is 12.4. The molecule has 3 rings (SSSR count). The molecule has 1 saturated heterocycles. The lowest BCUT2D eigenvalue weighted by molar-refractivity contribution is -0.122. The van der Waals surface area contributed by atoms with Crippen molar-refractivity contribution in [3.8, 4) is 11.4 Å². The molecular weight excluding hydrogens is 342 g/mol. The standard InChI is InChI=1S/C18H20ClN3O3/c1-12-8-17(24)22(11-16(23)20-10-15-6-3-7-25-15)18(21-12)13-4-2-5-14(19)9-13/h2,4-5,8-9,15H,3,6-7,10-11H2,1H3,(H,20,23). The summed E-state index contributed by atoms with van der Waals surface area (Å²) in [5.74, 6) is 0.186. The summed E-state index contributed by atoms with van der Waals surface area (Å²) >= 11 is 6.05. The Bertz CT molecular complexity index is 829. The summed E-state index contributed by atoms with van der Waals surface area (Å²) in [6.07, 6.45) is 2.02. The van der Waals surface area contributed by atoms with Crippen LogP contribution in [0.1, 0.15) is 18.5 Å². The Kier molecular flexibility index (Phi) is 5.50. The number of benzene rings is 1. The topological polar surface area (TPSA) is 73.2 Å². The number of ether oxygens (including phenoxy) is 1. The van der Waals surface area contributed by atoms with Crippen LogP contribution in [0.5, 0.6) is 0 Å². The minimum atomic E-state index is -0.269. The van der Waals surface area contributed by atoms with Gasteiger partial charge in [0.05, 0.1) is 6.10 Å². The van der Waals surface area contributed by atoms with Crippen LogP contribution in [0.25, 0.3) is 11.4 Å². The SMILES string of the molecule is Cc1cc(=O)n(CC(=O)NCC2CCCO2)c(-c2cccc(Cl)c2)n1. The van der Waals surface area contributed by atoms with Crippen LogP contribution in [0.3, 0.4) is 0 Å². The second-order valence-electron chi connectivity index (χ2n) is 6.09. The lowest BCUT2D eigenvalue weighted by atomic mass is 10.2. The fraction of sp³-hybridized carbons (Fsp3) is 0.389. The van der Waals surface area contributed by atoms with Gasteiger partial charge in [-0.15, -0.1) is 0 Å². The van der Waals surface area contributed by atoms with Gasteiger partial charge in [0.15, 0.2) is 0 Å². The smallest absolute Gasteiger partial charge is 0.254 e. The van der Waals surface area contributed by atoms with Crippen molar-refractivity contribution in [3.05, 3.63) is 51.4 Å². The number of halogens is 1. The van der Waals surface area contributed by atoms with Gasteiger partial charge in [-0.3, -0.25) is 14.2 Å². The van der Waals surface area contributed by atoms with Crippen LogP contribution in [0, 0.1) is 6.92 Å². The third-order valence-corrected chi connectivity index (χ3v) is 4.31. The van der Waals surface area contributed by atoms with E-state index in [-0.39, 0.29) is 24.1 Å². The van der Waals surface area contributed by atoms with Crippen LogP contribution in [-0.2, 0) is 16.1 Å². The fourth-order valence-electron chi connectivity index (χ4n) is 2.85. The Balaban J connectivity index is 1.82. The molecule has 1 amide bonds. The molecular formula is C18H20ClN3O3. The minimum absolute atomic E-state index is 0.0595. The molecule has 0 spiro atoms. The third kappa shape index (κ3) is 4.46. The highest BCUT2D eigenvalue weighted by molar-refractivity contribution is 6.30. The van der Waals surface area contributed by atoms with Gasteiger partial charge < -0.3 is 10.1 Å². The molecule has 0 aliphatic carbocycles. The van der Waals surface area contributed by atoms with Crippen LogP contribution in [0.4, 0.5) is 0 Å². The van der Waals surface area contributed by atoms with E-state index in [4.69, 9.17) is 16.3 Å². The average Bonchev–Trinajstić information content (AvgIpc) is 3.08. The highest BCUT2D eigenvalue weighted by atomic mass is 35.5. The van der Waals surface area contributed by atoms with Crippen molar-refractivity contribution in [2.75, 3.05) is 13.2 Å². The molecule has 0 saturated carbocycles. The van der Waals surface area contributed by atoms with E-state index in [1.165, 1.54) is 10.6 Å². The van der Waals surface area contributed by atoms with Gasteiger partial charge in [-0.1, -0.05) is 23.7 Å². The number of hydrogen-bond donors (Lipinski definition) is 1. The minimum Gasteiger partial charge on any atom is -0.376 e. The molecule has 1 N–H and O–H groups in total. The van der Waals surface area contributed by atoms with Gasteiger partial charge in [0.25, 0.3) is 5.56 Å². The number of rotatable bonds is 5. The summed E-state index contributed by atoms with van der Waals surface area (Å²) in [5, 5.41) is 3.37. The predicted molar refractivity (Wildman–Crippen MR) is 95.7 cm³/mol. The van der Waals surface area contributed by atoms with Gasteiger partial charge in [0.1, 0.15) is 12.4 Å². The fourth-order valence-corrected chi connectivity index (χ4v) is 3.04. The highest BCUT2D eigenvalue weighted by Gasteiger charge is 2.17. The predicted octanol–water partition coefficient (Wildman–Crippen LogP) is 2.17. The molecule has 1 aromatic heterocycles. The van der Waals surface area contributed by atoms with Crippen molar-refractivity contribution < 1.29 is 9.53 Å². The van der Waals surface area contributed by atoms with E-state index < -0.39 is 0 Å². The first-order valence-electron chi connectivity index (χ1n) is 8.25. The van der Waals surface area contributed by atoms with Crippen LogP contribution < -0.4 is 10.9 Å². The lowest BCUT2D eigenvalue weighted by Crippen LogP contribution is -2.37. The number of nitrogens with zero attached hydrogens (tertiary/aromatic N) is 2. The van der Waals surface area contributed by atoms with E-state index in [9.17, 15) is 9.59 Å². The maximum Gasteiger partial charge on any atom is 0.254 e. The summed E-state index contributed by atoms with van der Waals surface area (Å²) in [5.41, 5.74) is 1.02. The van der Waals surface area contributed by atoms with Gasteiger partial charge >= 0.3 is 0 Å². The molecule has 0 radical (unpaired) electrons. The molecule has 132 valence electrons. The van der Waals surface area contributed by atoms with Gasteiger partial charge in [-0.25, -0.2) is 4.98 Å². The Hall–Kier alpha value is -2.18. The molecule has 1 aliphatic rings. The van der Waals surface area contributed by atoms with E-state index in [0.717, 1.165) is 19.4 Å². The van der Waals surface area contributed by atoms with E-state index in [0.29, 0.717) is 28.6 Å². The Morgan fingerprint density at radius 3 is 3.00 bits per heavy atom. The molecule has 2 aromatic rings. The highest BCUT2D eigenvalue weighted by Crippen LogP contribution is 2.20. The third-order valence-electron chi connectivity index (χ3n) is 4.07. The van der Waals surface area contributed by atoms with Crippen molar-refractivity contribution in [3.63, 3.8) is 0 Å². The Morgan fingerprint density at radius 1 is 1.44 bits per heavy atom. The van der Waals surface area contributed by atoms with Crippen molar-refractivity contribution in [1.82, 2.24) is 14.9 Å². The largest absolute Gasteiger partial charge is 0.376 e. The van der Waals surface area contributed by atoms with Gasteiger partial charge in [0.2, 0.25) is 5.91 Å². The van der Waals surface area contributed by atoms with Crippen LogP contribution in [0.15, 0.2) is 35.1 Å². The first-order chi connectivity index (χ1) is 12.0. The van der Waals surface area contributed by atoms with Gasteiger partial charge in [0, 0.05) is 35.5 Å². The molecule has 1 aromatic carbocycles. The van der Waals surface area contributed by atoms with Crippen LogP contribution >= 0.6 is 11.6 Å². The van der Waals surface area contributed by atoms with Crippen LogP contribution in [-0.4, -0.2) is 34.7 Å². The van der Waals surface area contributed by atoms with Crippen molar-refractivity contribution in [2.45, 2.75) is 32.4 Å². The molecule has 1 unspecified atom stereocenters. The molecule has 1 atom stereocenters. The maximum absolute atomic E-state index is 12.4.